The number of unbranched alkanes of at least 4 members (excludes halogenated alkanes) is 3. The first-order valence-corrected chi connectivity index (χ1v) is 24.5. The molecule has 11 N–H and O–H groups in total. The van der Waals surface area contributed by atoms with Gasteiger partial charge < -0.3 is 104 Å². The van der Waals surface area contributed by atoms with E-state index in [1.807, 2.05) is 0 Å². The van der Waals surface area contributed by atoms with Gasteiger partial charge in [0.2, 0.25) is 0 Å². The topological polar surface area (TPSA) is 360 Å². The minimum Gasteiger partial charge on any atom is -0.394 e. The maximum Gasteiger partial charge on any atom is 0.474 e. The van der Waals surface area contributed by atoms with E-state index in [-0.39, 0.29) is 6.61 Å². The summed E-state index contributed by atoms with van der Waals surface area (Å²) < 4.78 is 84.4. The van der Waals surface area contributed by atoms with E-state index >= 15 is 0 Å². The molecule has 0 aromatic carbocycles. The van der Waals surface area contributed by atoms with Crippen LogP contribution in [-0.4, -0.2) is 252 Å². The second-order valence-electron chi connectivity index (χ2n) is 16.5. The first kappa shape index (κ1) is 60.6. The van der Waals surface area contributed by atoms with Gasteiger partial charge in [0.1, 0.15) is 97.7 Å². The molecule has 25 nitrogen and oxygen atoms in total. The minimum absolute atomic E-state index is 0.296. The zero-order valence-electron chi connectivity index (χ0n) is 39.2. The summed E-state index contributed by atoms with van der Waals surface area (Å²) in [5.74, 6) is 0. The number of methoxy groups -OCH3 is 2. The number of aliphatic hydroxyl groups excluding tert-OH is 11. The third-order valence-electron chi connectivity index (χ3n) is 11.6. The van der Waals surface area contributed by atoms with Crippen LogP contribution in [0.2, 0.25) is 0 Å². The van der Waals surface area contributed by atoms with Crippen LogP contribution in [-0.2, 0) is 65.5 Å². The number of phosphoric acid groups is 1. The van der Waals surface area contributed by atoms with Gasteiger partial charge in [0.25, 0.3) is 0 Å². The minimum atomic E-state index is -3.31. The molecular formula is C41H79O25P. The predicted molar refractivity (Wildman–Crippen MR) is 228 cm³/mol. The van der Waals surface area contributed by atoms with Crippen molar-refractivity contribution in [3.63, 3.8) is 0 Å². The summed E-state index contributed by atoms with van der Waals surface area (Å²) in [5.41, 5.74) is 0. The summed E-state index contributed by atoms with van der Waals surface area (Å²) in [6.07, 6.45) is -23.7. The Balaban J connectivity index is 0.000000593. The Labute approximate surface area is 391 Å². The molecule has 4 aliphatic heterocycles. The van der Waals surface area contributed by atoms with Crippen LogP contribution in [0, 0.1) is 0 Å². The highest BCUT2D eigenvalue weighted by atomic mass is 31.2. The first-order chi connectivity index (χ1) is 32.0. The van der Waals surface area contributed by atoms with Gasteiger partial charge in [-0.1, -0.05) is 40.0 Å². The monoisotopic (exact) mass is 1000 g/mol. The summed E-state index contributed by atoms with van der Waals surface area (Å²) >= 11 is 0. The predicted octanol–water partition coefficient (Wildman–Crippen LogP) is -2.81. The van der Waals surface area contributed by atoms with Crippen LogP contribution in [0.15, 0.2) is 0 Å². The molecule has 4 rings (SSSR count). The molecule has 4 heterocycles. The summed E-state index contributed by atoms with van der Waals surface area (Å²) in [6, 6.07) is 0. The molecule has 20 atom stereocenters. The summed E-state index contributed by atoms with van der Waals surface area (Å²) in [4.78, 5) is 0. The van der Waals surface area contributed by atoms with Crippen LogP contribution < -0.4 is 0 Å². The Morgan fingerprint density at radius 2 is 0.881 bits per heavy atom. The third kappa shape index (κ3) is 16.9. The highest BCUT2D eigenvalue weighted by molar-refractivity contribution is 7.48. The average Bonchev–Trinajstić information content (AvgIpc) is 3.32. The van der Waals surface area contributed by atoms with Crippen LogP contribution in [0.3, 0.4) is 0 Å². The van der Waals surface area contributed by atoms with Crippen LogP contribution in [0.25, 0.3) is 0 Å². The maximum atomic E-state index is 12.2. The Morgan fingerprint density at radius 1 is 0.463 bits per heavy atom. The quantitative estimate of drug-likeness (QED) is 0.0292. The molecular weight excluding hydrogens is 923 g/mol. The smallest absolute Gasteiger partial charge is 0.394 e. The molecule has 0 bridgehead atoms. The highest BCUT2D eigenvalue weighted by Gasteiger charge is 2.55. The van der Waals surface area contributed by atoms with Crippen molar-refractivity contribution in [2.45, 2.75) is 189 Å². The maximum absolute atomic E-state index is 12.2. The lowest BCUT2D eigenvalue weighted by atomic mass is 9.94. The van der Waals surface area contributed by atoms with Gasteiger partial charge in [0.15, 0.2) is 18.9 Å². The van der Waals surface area contributed by atoms with Crippen molar-refractivity contribution in [1.29, 1.82) is 0 Å². The number of aliphatic hydroxyl groups is 11. The fourth-order valence-electron chi connectivity index (χ4n) is 7.62. The standard InChI is InChI=1S/C29H52O21.C12H27O4P/c1-10-15(34)16(35)24(13(8-33)45-10)49-28-20(39)18(37)25(50-29-26(43-5-4-30)21(40)23(42-3)12(7-32)47-29)14(48-28)9-44-27-19(38)17(36)22(41-2)11(6-31)46-27;1-4-7-10-14-17(13,15-11-8-5-2)16-12-9-6-3/h10-40H,4-9H2,1-3H3;4-12H2,1-3H3. The number of ether oxygens (including phenoxy) is 10. The van der Waals surface area contributed by atoms with E-state index in [1.54, 1.807) is 0 Å². The molecule has 67 heavy (non-hydrogen) atoms. The average molecular weight is 1000 g/mol. The number of hydrogen-bond acceptors (Lipinski definition) is 25. The van der Waals surface area contributed by atoms with E-state index in [9.17, 15) is 60.7 Å². The molecule has 26 heteroatoms. The van der Waals surface area contributed by atoms with Gasteiger partial charge in [-0.25, -0.2) is 4.57 Å². The third-order valence-corrected chi connectivity index (χ3v) is 13.1. The Kier molecular flexibility index (Phi) is 28.0. The molecule has 4 saturated heterocycles. The van der Waals surface area contributed by atoms with Crippen molar-refractivity contribution in [2.75, 3.05) is 73.7 Å². The molecule has 0 aliphatic carbocycles. The lowest BCUT2D eigenvalue weighted by Crippen LogP contribution is -2.67. The van der Waals surface area contributed by atoms with Gasteiger partial charge in [-0.15, -0.1) is 0 Å². The molecule has 0 aromatic heterocycles. The van der Waals surface area contributed by atoms with Gasteiger partial charge in [-0.2, -0.15) is 0 Å². The van der Waals surface area contributed by atoms with E-state index in [1.165, 1.54) is 21.1 Å². The van der Waals surface area contributed by atoms with Crippen LogP contribution in [0.4, 0.5) is 0 Å². The fraction of sp³-hybridized carbons (Fsp3) is 1.00. The summed E-state index contributed by atoms with van der Waals surface area (Å²) in [7, 11) is -0.806. The van der Waals surface area contributed by atoms with Crippen molar-refractivity contribution in [3.05, 3.63) is 0 Å². The van der Waals surface area contributed by atoms with Crippen molar-refractivity contribution < 1.29 is 122 Å². The van der Waals surface area contributed by atoms with Gasteiger partial charge in [-0.05, 0) is 26.2 Å². The number of phosphoric ester groups is 1. The van der Waals surface area contributed by atoms with E-state index in [2.05, 4.69) is 20.8 Å². The molecule has 0 radical (unpaired) electrons. The van der Waals surface area contributed by atoms with Crippen LogP contribution in [0.1, 0.15) is 66.2 Å². The van der Waals surface area contributed by atoms with Crippen LogP contribution in [0.5, 0.6) is 0 Å². The largest absolute Gasteiger partial charge is 0.474 e. The van der Waals surface area contributed by atoms with Crippen molar-refractivity contribution in [2.24, 2.45) is 0 Å². The highest BCUT2D eigenvalue weighted by Crippen LogP contribution is 2.50. The molecule has 0 aromatic rings. The van der Waals surface area contributed by atoms with Gasteiger partial charge >= 0.3 is 7.82 Å². The van der Waals surface area contributed by atoms with Crippen molar-refractivity contribution in [3.8, 4) is 0 Å². The van der Waals surface area contributed by atoms with Gasteiger partial charge in [0.05, 0.1) is 65.6 Å². The second-order valence-corrected chi connectivity index (χ2v) is 18.2. The van der Waals surface area contributed by atoms with E-state index in [0.717, 1.165) is 38.5 Å². The van der Waals surface area contributed by atoms with Gasteiger partial charge in [0, 0.05) is 14.2 Å². The molecule has 0 spiro atoms. The molecule has 4 fully saturated rings. The zero-order chi connectivity index (χ0) is 49.8. The molecule has 0 amide bonds. The number of rotatable bonds is 27. The lowest BCUT2D eigenvalue weighted by Gasteiger charge is -2.49. The Morgan fingerprint density at radius 3 is 1.37 bits per heavy atom. The van der Waals surface area contributed by atoms with E-state index < -0.39 is 163 Å². The van der Waals surface area contributed by atoms with Gasteiger partial charge in [-0.3, -0.25) is 13.6 Å². The van der Waals surface area contributed by atoms with Crippen LogP contribution >= 0.6 is 7.82 Å². The normalized spacial score (nSPS) is 39.5. The fourth-order valence-corrected chi connectivity index (χ4v) is 8.91. The summed E-state index contributed by atoms with van der Waals surface area (Å²) in [6.45, 7) is 5.61. The Bertz CT molecular complexity index is 1320. The Hall–Kier alpha value is -0.730. The summed E-state index contributed by atoms with van der Waals surface area (Å²) in [5, 5.41) is 115. The van der Waals surface area contributed by atoms with Crippen molar-refractivity contribution >= 4 is 7.82 Å². The van der Waals surface area contributed by atoms with E-state index in [0.29, 0.717) is 19.8 Å². The SMILES string of the molecule is CCCCOP(=O)(OCCCC)OCCCC.COC1C(CO)OC(OCC2OC(OC3C(CO)OC(C)C(O)C3O)C(O)C(O)C2OC2OC(CO)C(OC)C(O)C2OCCO)C(O)C1O. The van der Waals surface area contributed by atoms with E-state index in [4.69, 9.17) is 60.9 Å². The second kappa shape index (κ2) is 31.0. The molecule has 0 saturated carbocycles. The number of hydrogen-bond donors (Lipinski definition) is 11. The first-order valence-electron chi connectivity index (χ1n) is 23.0. The molecule has 398 valence electrons. The molecule has 20 unspecified atom stereocenters. The lowest BCUT2D eigenvalue weighted by molar-refractivity contribution is -0.381. The zero-order valence-corrected chi connectivity index (χ0v) is 40.1. The van der Waals surface area contributed by atoms with Crippen molar-refractivity contribution in [1.82, 2.24) is 0 Å². The molecule has 4 aliphatic rings.